The van der Waals surface area contributed by atoms with Crippen LogP contribution in [0, 0.1) is 0 Å². The molecule has 0 radical (unpaired) electrons. The summed E-state index contributed by atoms with van der Waals surface area (Å²) < 4.78 is 0. The molecule has 0 saturated carbocycles. The van der Waals surface area contributed by atoms with Gasteiger partial charge in [0, 0.05) is 43.8 Å². The van der Waals surface area contributed by atoms with Gasteiger partial charge in [0.1, 0.15) is 11.6 Å². The zero-order valence-electron chi connectivity index (χ0n) is 16.9. The largest absolute Gasteiger partial charge is 0.364 e. The number of likely N-dealkylation sites (N-methyl/N-ethyl adjacent to an activating group) is 1. The van der Waals surface area contributed by atoms with Gasteiger partial charge in [-0.05, 0) is 36.2 Å². The van der Waals surface area contributed by atoms with Crippen LogP contribution in [0.3, 0.4) is 0 Å². The summed E-state index contributed by atoms with van der Waals surface area (Å²) >= 11 is 0. The quantitative estimate of drug-likeness (QED) is 0.481. The molecule has 30 heavy (non-hydrogen) atoms. The smallest absolute Gasteiger partial charge is 0.163 e. The van der Waals surface area contributed by atoms with Crippen LogP contribution in [0.1, 0.15) is 11.3 Å². The van der Waals surface area contributed by atoms with Crippen LogP contribution in [-0.4, -0.2) is 33.5 Å². The molecule has 0 amide bonds. The van der Waals surface area contributed by atoms with Crippen LogP contribution in [0.5, 0.6) is 0 Å². The standard InChI is InChI=1S/C24H24N6/c1-30(16-12-19-10-14-25-15-11-19)23-17-22(27-18-21-9-5-6-13-26-21)28-24(29-23)20-7-3-2-4-8-20/h2-11,13-15,17H,12,16,18H2,1H3,(H,27,28,29). The second-order valence-electron chi connectivity index (χ2n) is 7.00. The average molecular weight is 396 g/mol. The first-order valence-electron chi connectivity index (χ1n) is 9.96. The highest BCUT2D eigenvalue weighted by molar-refractivity contribution is 5.61. The van der Waals surface area contributed by atoms with Crippen molar-refractivity contribution in [2.75, 3.05) is 23.8 Å². The van der Waals surface area contributed by atoms with E-state index in [1.54, 1.807) is 6.20 Å². The Morgan fingerprint density at radius 3 is 2.43 bits per heavy atom. The van der Waals surface area contributed by atoms with Gasteiger partial charge < -0.3 is 10.2 Å². The summed E-state index contributed by atoms with van der Waals surface area (Å²) in [7, 11) is 2.06. The van der Waals surface area contributed by atoms with Gasteiger partial charge in [-0.15, -0.1) is 0 Å². The van der Waals surface area contributed by atoms with Gasteiger partial charge in [0.25, 0.3) is 0 Å². The Morgan fingerprint density at radius 2 is 1.67 bits per heavy atom. The van der Waals surface area contributed by atoms with Crippen LogP contribution < -0.4 is 10.2 Å². The van der Waals surface area contributed by atoms with Crippen molar-refractivity contribution >= 4 is 11.6 Å². The minimum absolute atomic E-state index is 0.603. The van der Waals surface area contributed by atoms with Gasteiger partial charge in [-0.3, -0.25) is 9.97 Å². The molecule has 0 unspecified atom stereocenters. The summed E-state index contributed by atoms with van der Waals surface area (Å²) in [6, 6.07) is 22.0. The highest BCUT2D eigenvalue weighted by Crippen LogP contribution is 2.22. The number of rotatable bonds is 8. The number of aromatic nitrogens is 4. The lowest BCUT2D eigenvalue weighted by molar-refractivity contribution is 0.855. The molecule has 4 aromatic rings. The molecule has 150 valence electrons. The normalized spacial score (nSPS) is 10.6. The predicted molar refractivity (Wildman–Crippen MR) is 120 cm³/mol. The van der Waals surface area contributed by atoms with Gasteiger partial charge in [0.05, 0.1) is 12.2 Å². The molecule has 4 rings (SSSR count). The van der Waals surface area contributed by atoms with Crippen molar-refractivity contribution in [2.45, 2.75) is 13.0 Å². The SMILES string of the molecule is CN(CCc1ccncc1)c1cc(NCc2ccccn2)nc(-c2ccccc2)n1. The van der Waals surface area contributed by atoms with Crippen molar-refractivity contribution in [2.24, 2.45) is 0 Å². The van der Waals surface area contributed by atoms with Crippen LogP contribution in [0.25, 0.3) is 11.4 Å². The van der Waals surface area contributed by atoms with E-state index in [1.807, 2.05) is 79.1 Å². The maximum Gasteiger partial charge on any atom is 0.163 e. The van der Waals surface area contributed by atoms with Crippen LogP contribution in [0.4, 0.5) is 11.6 Å². The van der Waals surface area contributed by atoms with E-state index in [1.165, 1.54) is 5.56 Å². The van der Waals surface area contributed by atoms with Gasteiger partial charge in [-0.25, -0.2) is 9.97 Å². The Hall–Kier alpha value is -3.80. The van der Waals surface area contributed by atoms with Gasteiger partial charge >= 0.3 is 0 Å². The zero-order valence-corrected chi connectivity index (χ0v) is 16.9. The third kappa shape index (κ3) is 5.17. The molecular weight excluding hydrogens is 372 g/mol. The summed E-state index contributed by atoms with van der Waals surface area (Å²) in [6.45, 7) is 1.45. The molecule has 0 aliphatic carbocycles. The van der Waals surface area contributed by atoms with E-state index in [9.17, 15) is 0 Å². The maximum absolute atomic E-state index is 4.82. The van der Waals surface area contributed by atoms with Crippen LogP contribution in [0.2, 0.25) is 0 Å². The van der Waals surface area contributed by atoms with Gasteiger partial charge in [-0.1, -0.05) is 36.4 Å². The molecule has 0 fully saturated rings. The lowest BCUT2D eigenvalue weighted by Gasteiger charge is -2.20. The van der Waals surface area contributed by atoms with Crippen molar-refractivity contribution < 1.29 is 0 Å². The summed E-state index contributed by atoms with van der Waals surface area (Å²) in [5.41, 5.74) is 3.20. The van der Waals surface area contributed by atoms with E-state index in [4.69, 9.17) is 9.97 Å². The van der Waals surface area contributed by atoms with E-state index >= 15 is 0 Å². The van der Waals surface area contributed by atoms with E-state index in [-0.39, 0.29) is 0 Å². The lowest BCUT2D eigenvalue weighted by Crippen LogP contribution is -2.22. The topological polar surface area (TPSA) is 66.8 Å². The van der Waals surface area contributed by atoms with Gasteiger partial charge in [0.15, 0.2) is 5.82 Å². The molecule has 1 aromatic carbocycles. The van der Waals surface area contributed by atoms with E-state index in [0.29, 0.717) is 12.4 Å². The molecule has 6 nitrogen and oxygen atoms in total. The summed E-state index contributed by atoms with van der Waals surface area (Å²) in [4.78, 5) is 20.2. The Balaban J connectivity index is 1.56. The Bertz CT molecular complexity index is 1050. The second kappa shape index (κ2) is 9.60. The first kappa shape index (κ1) is 19.5. The number of anilines is 2. The molecule has 0 bridgehead atoms. The van der Waals surface area contributed by atoms with Gasteiger partial charge in [0.2, 0.25) is 0 Å². The van der Waals surface area contributed by atoms with Crippen molar-refractivity contribution in [3.05, 3.63) is 96.6 Å². The first-order valence-corrected chi connectivity index (χ1v) is 9.96. The Labute approximate surface area is 176 Å². The number of benzene rings is 1. The van der Waals surface area contributed by atoms with Crippen LogP contribution in [0.15, 0.2) is 85.3 Å². The summed E-state index contributed by atoms with van der Waals surface area (Å²) in [6.07, 6.45) is 6.37. The number of pyridine rings is 2. The highest BCUT2D eigenvalue weighted by atomic mass is 15.2. The average Bonchev–Trinajstić information content (AvgIpc) is 2.83. The van der Waals surface area contributed by atoms with Crippen molar-refractivity contribution in [1.82, 2.24) is 19.9 Å². The lowest BCUT2D eigenvalue weighted by atomic mass is 10.2. The van der Waals surface area contributed by atoms with Crippen LogP contribution >= 0.6 is 0 Å². The Morgan fingerprint density at radius 1 is 0.867 bits per heavy atom. The first-order chi connectivity index (χ1) is 14.8. The van der Waals surface area contributed by atoms with E-state index in [2.05, 4.69) is 27.2 Å². The number of hydrogen-bond acceptors (Lipinski definition) is 6. The van der Waals surface area contributed by atoms with Crippen molar-refractivity contribution in [3.63, 3.8) is 0 Å². The maximum atomic E-state index is 4.82. The molecule has 3 aromatic heterocycles. The molecular formula is C24H24N6. The third-order valence-electron chi connectivity index (χ3n) is 4.80. The van der Waals surface area contributed by atoms with Crippen LogP contribution in [-0.2, 0) is 13.0 Å². The fraction of sp³-hybridized carbons (Fsp3) is 0.167. The molecule has 1 N–H and O–H groups in total. The molecule has 0 saturated heterocycles. The highest BCUT2D eigenvalue weighted by Gasteiger charge is 2.11. The molecule has 6 heteroatoms. The van der Waals surface area contributed by atoms with E-state index < -0.39 is 0 Å². The monoisotopic (exact) mass is 396 g/mol. The molecule has 0 aliphatic rings. The summed E-state index contributed by atoms with van der Waals surface area (Å²) in [5.74, 6) is 2.36. The molecule has 0 spiro atoms. The Kier molecular flexibility index (Phi) is 6.25. The second-order valence-corrected chi connectivity index (χ2v) is 7.00. The molecule has 3 heterocycles. The molecule has 0 atom stereocenters. The summed E-state index contributed by atoms with van der Waals surface area (Å²) in [5, 5.41) is 3.39. The number of nitrogens with zero attached hydrogens (tertiary/aromatic N) is 5. The van der Waals surface area contributed by atoms with Crippen molar-refractivity contribution in [3.8, 4) is 11.4 Å². The molecule has 0 aliphatic heterocycles. The predicted octanol–water partition coefficient (Wildman–Crippen LogP) is 4.22. The zero-order chi connectivity index (χ0) is 20.6. The van der Waals surface area contributed by atoms with E-state index in [0.717, 1.165) is 35.9 Å². The number of nitrogens with one attached hydrogen (secondary N) is 1. The minimum atomic E-state index is 0.603. The van der Waals surface area contributed by atoms with Crippen molar-refractivity contribution in [1.29, 1.82) is 0 Å². The van der Waals surface area contributed by atoms with Gasteiger partial charge in [-0.2, -0.15) is 0 Å². The number of hydrogen-bond donors (Lipinski definition) is 1. The fourth-order valence-electron chi connectivity index (χ4n) is 3.08. The fourth-order valence-corrected chi connectivity index (χ4v) is 3.08. The minimum Gasteiger partial charge on any atom is -0.364 e. The third-order valence-corrected chi connectivity index (χ3v) is 4.80.